The van der Waals surface area contributed by atoms with Crippen LogP contribution in [0.25, 0.3) is 0 Å². The molecule has 1 aromatic rings. The lowest BCUT2D eigenvalue weighted by Gasteiger charge is -2.26. The minimum Gasteiger partial charge on any atom is -0.315 e. The molecule has 1 N–H and O–H groups in total. The maximum absolute atomic E-state index is 5.91. The van der Waals surface area contributed by atoms with Gasteiger partial charge >= 0.3 is 0 Å². The third kappa shape index (κ3) is 3.17. The van der Waals surface area contributed by atoms with Gasteiger partial charge in [0.1, 0.15) is 9.34 Å². The average molecular weight is 260 g/mol. The fourth-order valence-corrected chi connectivity index (χ4v) is 3.15. The van der Waals surface area contributed by atoms with Gasteiger partial charge in [0, 0.05) is 12.6 Å². The lowest BCUT2D eigenvalue weighted by atomic mass is 10.2. The van der Waals surface area contributed by atoms with E-state index in [0.717, 1.165) is 35.5 Å². The van der Waals surface area contributed by atoms with Gasteiger partial charge in [-0.3, -0.25) is 4.90 Å². The van der Waals surface area contributed by atoms with Crippen molar-refractivity contribution in [2.45, 2.75) is 32.4 Å². The van der Waals surface area contributed by atoms with Gasteiger partial charge in [0.2, 0.25) is 0 Å². The molecular formula is C11H18ClN3S. The standard InChI is InChI=1S/C11H18ClN3S/c1-2-5-15(9-3-4-13-6-9)8-11-14-7-10(12)16-11/h7,9,13H,2-6,8H2,1H3. The highest BCUT2D eigenvalue weighted by atomic mass is 35.5. The van der Waals surface area contributed by atoms with Gasteiger partial charge in [-0.15, -0.1) is 11.3 Å². The van der Waals surface area contributed by atoms with Crippen LogP contribution >= 0.6 is 22.9 Å². The molecule has 0 saturated carbocycles. The van der Waals surface area contributed by atoms with Crippen molar-refractivity contribution in [3.05, 3.63) is 15.5 Å². The second-order valence-corrected chi connectivity index (χ2v) is 5.92. The number of nitrogens with one attached hydrogen (secondary N) is 1. The van der Waals surface area contributed by atoms with E-state index in [1.165, 1.54) is 12.8 Å². The molecule has 1 aliphatic rings. The number of rotatable bonds is 5. The van der Waals surface area contributed by atoms with E-state index in [0.29, 0.717) is 6.04 Å². The third-order valence-electron chi connectivity index (χ3n) is 2.93. The Morgan fingerprint density at radius 3 is 3.12 bits per heavy atom. The summed E-state index contributed by atoms with van der Waals surface area (Å²) >= 11 is 7.50. The predicted molar refractivity (Wildman–Crippen MR) is 69.1 cm³/mol. The SMILES string of the molecule is CCCN(Cc1ncc(Cl)s1)C1CCNC1. The van der Waals surface area contributed by atoms with Crippen molar-refractivity contribution in [3.63, 3.8) is 0 Å². The summed E-state index contributed by atoms with van der Waals surface area (Å²) < 4.78 is 0.788. The van der Waals surface area contributed by atoms with Gasteiger partial charge in [0.05, 0.1) is 12.7 Å². The molecular weight excluding hydrogens is 242 g/mol. The normalized spacial score (nSPS) is 20.8. The van der Waals surface area contributed by atoms with Gasteiger partial charge < -0.3 is 5.32 Å². The Morgan fingerprint density at radius 2 is 2.56 bits per heavy atom. The van der Waals surface area contributed by atoms with Gasteiger partial charge in [-0.1, -0.05) is 18.5 Å². The molecule has 90 valence electrons. The van der Waals surface area contributed by atoms with Gasteiger partial charge in [0.25, 0.3) is 0 Å². The lowest BCUT2D eigenvalue weighted by Crippen LogP contribution is -2.36. The fraction of sp³-hybridized carbons (Fsp3) is 0.727. The van der Waals surface area contributed by atoms with E-state index in [2.05, 4.69) is 22.1 Å². The Balaban J connectivity index is 1.96. The molecule has 2 rings (SSSR count). The summed E-state index contributed by atoms with van der Waals surface area (Å²) in [7, 11) is 0. The van der Waals surface area contributed by atoms with Crippen LogP contribution in [0.15, 0.2) is 6.20 Å². The lowest BCUT2D eigenvalue weighted by molar-refractivity contribution is 0.199. The Bertz CT molecular complexity index is 323. The first-order valence-electron chi connectivity index (χ1n) is 5.84. The van der Waals surface area contributed by atoms with Crippen LogP contribution in [0.2, 0.25) is 4.34 Å². The molecule has 0 aromatic carbocycles. The van der Waals surface area contributed by atoms with E-state index >= 15 is 0 Å². The van der Waals surface area contributed by atoms with Crippen molar-refractivity contribution in [3.8, 4) is 0 Å². The topological polar surface area (TPSA) is 28.2 Å². The van der Waals surface area contributed by atoms with E-state index in [1.54, 1.807) is 17.5 Å². The Kier molecular flexibility index (Phi) is 4.58. The zero-order chi connectivity index (χ0) is 11.4. The van der Waals surface area contributed by atoms with E-state index in [9.17, 15) is 0 Å². The van der Waals surface area contributed by atoms with Crippen LogP contribution in [-0.2, 0) is 6.54 Å². The molecule has 0 radical (unpaired) electrons. The summed E-state index contributed by atoms with van der Waals surface area (Å²) in [6.07, 6.45) is 4.19. The molecule has 0 aliphatic carbocycles. The van der Waals surface area contributed by atoms with Crippen molar-refractivity contribution in [1.82, 2.24) is 15.2 Å². The maximum Gasteiger partial charge on any atom is 0.113 e. The Hall–Kier alpha value is -0.160. The van der Waals surface area contributed by atoms with Crippen molar-refractivity contribution >= 4 is 22.9 Å². The quantitative estimate of drug-likeness (QED) is 0.880. The van der Waals surface area contributed by atoms with Crippen LogP contribution in [0.4, 0.5) is 0 Å². The molecule has 0 spiro atoms. The van der Waals surface area contributed by atoms with Crippen LogP contribution < -0.4 is 5.32 Å². The maximum atomic E-state index is 5.91. The molecule has 1 saturated heterocycles. The van der Waals surface area contributed by atoms with Gasteiger partial charge in [-0.25, -0.2) is 4.98 Å². The molecule has 1 aromatic heterocycles. The summed E-state index contributed by atoms with van der Waals surface area (Å²) in [5.41, 5.74) is 0. The number of hydrogen-bond donors (Lipinski definition) is 1. The van der Waals surface area contributed by atoms with Crippen molar-refractivity contribution < 1.29 is 0 Å². The largest absolute Gasteiger partial charge is 0.315 e. The molecule has 3 nitrogen and oxygen atoms in total. The summed E-state index contributed by atoms with van der Waals surface area (Å²) in [6, 6.07) is 0.669. The second kappa shape index (κ2) is 5.96. The van der Waals surface area contributed by atoms with Gasteiger partial charge in [-0.2, -0.15) is 0 Å². The summed E-state index contributed by atoms with van der Waals surface area (Å²) in [4.78, 5) is 6.86. The van der Waals surface area contributed by atoms with Gasteiger partial charge in [0.15, 0.2) is 0 Å². The molecule has 16 heavy (non-hydrogen) atoms. The minimum atomic E-state index is 0.669. The molecule has 1 atom stereocenters. The minimum absolute atomic E-state index is 0.669. The smallest absolute Gasteiger partial charge is 0.113 e. The van der Waals surface area contributed by atoms with Crippen molar-refractivity contribution in [2.24, 2.45) is 0 Å². The number of halogens is 1. The second-order valence-electron chi connectivity index (χ2n) is 4.18. The summed E-state index contributed by atoms with van der Waals surface area (Å²) in [5, 5.41) is 4.55. The number of aromatic nitrogens is 1. The monoisotopic (exact) mass is 259 g/mol. The number of nitrogens with zero attached hydrogens (tertiary/aromatic N) is 2. The molecule has 1 aliphatic heterocycles. The van der Waals surface area contributed by atoms with Crippen molar-refractivity contribution in [2.75, 3.05) is 19.6 Å². The van der Waals surface area contributed by atoms with Crippen LogP contribution in [0.3, 0.4) is 0 Å². The van der Waals surface area contributed by atoms with E-state index in [-0.39, 0.29) is 0 Å². The van der Waals surface area contributed by atoms with E-state index in [4.69, 9.17) is 11.6 Å². The van der Waals surface area contributed by atoms with Crippen LogP contribution in [-0.4, -0.2) is 35.6 Å². The average Bonchev–Trinajstić information content (AvgIpc) is 2.88. The summed E-state index contributed by atoms with van der Waals surface area (Å²) in [5.74, 6) is 0. The zero-order valence-electron chi connectivity index (χ0n) is 9.58. The van der Waals surface area contributed by atoms with Crippen LogP contribution in [0.1, 0.15) is 24.8 Å². The van der Waals surface area contributed by atoms with E-state index < -0.39 is 0 Å². The van der Waals surface area contributed by atoms with Crippen molar-refractivity contribution in [1.29, 1.82) is 0 Å². The molecule has 0 bridgehead atoms. The first-order chi connectivity index (χ1) is 7.79. The first-order valence-corrected chi connectivity index (χ1v) is 7.04. The summed E-state index contributed by atoms with van der Waals surface area (Å²) in [6.45, 7) is 6.56. The highest BCUT2D eigenvalue weighted by molar-refractivity contribution is 7.15. The first kappa shape index (κ1) is 12.3. The number of hydrogen-bond acceptors (Lipinski definition) is 4. The van der Waals surface area contributed by atoms with Crippen LogP contribution in [0, 0.1) is 0 Å². The number of thiazole rings is 1. The van der Waals surface area contributed by atoms with E-state index in [1.807, 2.05) is 0 Å². The molecule has 1 fully saturated rings. The highest BCUT2D eigenvalue weighted by Crippen LogP contribution is 2.21. The third-order valence-corrected chi connectivity index (χ3v) is 4.02. The Labute approximate surface area is 106 Å². The zero-order valence-corrected chi connectivity index (χ0v) is 11.2. The molecule has 0 amide bonds. The molecule has 5 heteroatoms. The Morgan fingerprint density at radius 1 is 1.69 bits per heavy atom. The predicted octanol–water partition coefficient (Wildman–Crippen LogP) is 2.37. The molecule has 1 unspecified atom stereocenters. The van der Waals surface area contributed by atoms with Gasteiger partial charge in [-0.05, 0) is 25.9 Å². The molecule has 2 heterocycles. The van der Waals surface area contributed by atoms with Crippen LogP contribution in [0.5, 0.6) is 0 Å². The fourth-order valence-electron chi connectivity index (χ4n) is 2.16. The highest BCUT2D eigenvalue weighted by Gasteiger charge is 2.22.